The Bertz CT molecular complexity index is 742. The lowest BCUT2D eigenvalue weighted by atomic mass is 9.97. The minimum absolute atomic E-state index is 0.121. The number of amides is 1. The van der Waals surface area contributed by atoms with Crippen molar-refractivity contribution in [1.29, 1.82) is 0 Å². The second kappa shape index (κ2) is 10.9. The number of nitrogens with one attached hydrogen (secondary N) is 1. The number of rotatable bonds is 10. The highest BCUT2D eigenvalue weighted by molar-refractivity contribution is 5.84. The fourth-order valence-electron chi connectivity index (χ4n) is 3.29. The van der Waals surface area contributed by atoms with Gasteiger partial charge in [-0.3, -0.25) is 4.79 Å². The molecule has 0 bridgehead atoms. The van der Waals surface area contributed by atoms with Crippen molar-refractivity contribution >= 4 is 5.91 Å². The van der Waals surface area contributed by atoms with Gasteiger partial charge in [0.1, 0.15) is 5.75 Å². The molecule has 2 rings (SSSR count). The number of benzene rings is 2. The maximum Gasteiger partial charge on any atom is 0.230 e. The van der Waals surface area contributed by atoms with E-state index in [1.165, 1.54) is 0 Å². The van der Waals surface area contributed by atoms with E-state index in [9.17, 15) is 9.90 Å². The predicted octanol–water partition coefficient (Wildman–Crippen LogP) is 4.76. The Hall–Kier alpha value is -2.33. The minimum atomic E-state index is -0.597. The topological polar surface area (TPSA) is 58.6 Å². The fraction of sp³-hybridized carbons (Fsp3) is 0.458. The first-order chi connectivity index (χ1) is 13.4. The third-order valence-electron chi connectivity index (χ3n) is 5.00. The van der Waals surface area contributed by atoms with E-state index in [0.29, 0.717) is 12.5 Å². The summed E-state index contributed by atoms with van der Waals surface area (Å²) >= 11 is 0. The monoisotopic (exact) mass is 383 g/mol. The average molecular weight is 384 g/mol. The quantitative estimate of drug-likeness (QED) is 0.622. The van der Waals surface area contributed by atoms with Crippen LogP contribution in [0.1, 0.15) is 62.3 Å². The molecule has 0 saturated carbocycles. The molecule has 4 nitrogen and oxygen atoms in total. The lowest BCUT2D eigenvalue weighted by Crippen LogP contribution is -2.33. The highest BCUT2D eigenvalue weighted by Crippen LogP contribution is 2.22. The van der Waals surface area contributed by atoms with E-state index < -0.39 is 5.92 Å². The molecule has 2 aromatic carbocycles. The predicted molar refractivity (Wildman–Crippen MR) is 114 cm³/mol. The SMILES string of the molecule is CCCC(C)COc1ccc(C(CO)C(=O)NC(C)c2cccc(C)c2)cc1. The molecule has 0 aliphatic heterocycles. The molecule has 28 heavy (non-hydrogen) atoms. The van der Waals surface area contributed by atoms with E-state index in [1.54, 1.807) is 0 Å². The fourth-order valence-corrected chi connectivity index (χ4v) is 3.29. The summed E-state index contributed by atoms with van der Waals surface area (Å²) in [5.74, 6) is 0.530. The Balaban J connectivity index is 1.98. The van der Waals surface area contributed by atoms with Crippen molar-refractivity contribution in [1.82, 2.24) is 5.32 Å². The minimum Gasteiger partial charge on any atom is -0.493 e. The summed E-state index contributed by atoms with van der Waals surface area (Å²) in [6.45, 7) is 8.78. The van der Waals surface area contributed by atoms with Crippen LogP contribution in [0.2, 0.25) is 0 Å². The van der Waals surface area contributed by atoms with E-state index >= 15 is 0 Å². The first-order valence-electron chi connectivity index (χ1n) is 10.1. The normalized spacial score (nSPS) is 14.2. The van der Waals surface area contributed by atoms with Gasteiger partial charge in [0.15, 0.2) is 0 Å². The van der Waals surface area contributed by atoms with Gasteiger partial charge in [0, 0.05) is 0 Å². The number of carbonyl (C=O) groups excluding carboxylic acids is 1. The van der Waals surface area contributed by atoms with Crippen LogP contribution in [0, 0.1) is 12.8 Å². The van der Waals surface area contributed by atoms with Crippen LogP contribution in [0.3, 0.4) is 0 Å². The van der Waals surface area contributed by atoms with E-state index in [0.717, 1.165) is 35.3 Å². The van der Waals surface area contributed by atoms with Crippen LogP contribution < -0.4 is 10.1 Å². The van der Waals surface area contributed by atoms with E-state index in [1.807, 2.05) is 56.3 Å². The zero-order valence-electron chi connectivity index (χ0n) is 17.4. The first kappa shape index (κ1) is 22.0. The maximum absolute atomic E-state index is 12.7. The van der Waals surface area contributed by atoms with Crippen LogP contribution in [0.5, 0.6) is 5.75 Å². The Kier molecular flexibility index (Phi) is 8.52. The maximum atomic E-state index is 12.7. The largest absolute Gasteiger partial charge is 0.493 e. The first-order valence-corrected chi connectivity index (χ1v) is 10.1. The highest BCUT2D eigenvalue weighted by Gasteiger charge is 2.22. The van der Waals surface area contributed by atoms with Gasteiger partial charge in [-0.2, -0.15) is 0 Å². The van der Waals surface area contributed by atoms with Crippen molar-refractivity contribution in [3.8, 4) is 5.75 Å². The molecule has 0 saturated heterocycles. The number of ether oxygens (including phenoxy) is 1. The van der Waals surface area contributed by atoms with Gasteiger partial charge in [0.25, 0.3) is 0 Å². The number of aliphatic hydroxyl groups excluding tert-OH is 1. The smallest absolute Gasteiger partial charge is 0.230 e. The summed E-state index contributed by atoms with van der Waals surface area (Å²) in [6.07, 6.45) is 2.29. The molecule has 2 aromatic rings. The van der Waals surface area contributed by atoms with E-state index in [4.69, 9.17) is 4.74 Å². The van der Waals surface area contributed by atoms with Gasteiger partial charge in [0.2, 0.25) is 5.91 Å². The lowest BCUT2D eigenvalue weighted by molar-refractivity contribution is -0.124. The van der Waals surface area contributed by atoms with Crippen molar-refractivity contribution in [3.63, 3.8) is 0 Å². The molecular weight excluding hydrogens is 350 g/mol. The zero-order chi connectivity index (χ0) is 20.5. The van der Waals surface area contributed by atoms with Gasteiger partial charge in [-0.25, -0.2) is 0 Å². The van der Waals surface area contributed by atoms with Gasteiger partial charge in [-0.1, -0.05) is 62.2 Å². The third-order valence-corrected chi connectivity index (χ3v) is 5.00. The van der Waals surface area contributed by atoms with Crippen LogP contribution in [0.4, 0.5) is 0 Å². The standard InChI is InChI=1S/C24H33NO3/c1-5-7-18(3)16-28-22-12-10-20(11-13-22)23(15-26)24(27)25-19(4)21-9-6-8-17(2)14-21/h6,8-14,18-19,23,26H,5,7,15-16H2,1-4H3,(H,25,27). The van der Waals surface area contributed by atoms with Gasteiger partial charge in [0.05, 0.1) is 25.2 Å². The van der Waals surface area contributed by atoms with E-state index in [2.05, 4.69) is 25.2 Å². The summed E-state index contributed by atoms with van der Waals surface area (Å²) in [5.41, 5.74) is 2.99. The van der Waals surface area contributed by atoms with Gasteiger partial charge >= 0.3 is 0 Å². The Labute approximate surface area is 168 Å². The zero-order valence-corrected chi connectivity index (χ0v) is 17.4. The highest BCUT2D eigenvalue weighted by atomic mass is 16.5. The van der Waals surface area contributed by atoms with Crippen LogP contribution >= 0.6 is 0 Å². The van der Waals surface area contributed by atoms with Gasteiger partial charge in [-0.15, -0.1) is 0 Å². The van der Waals surface area contributed by atoms with Crippen molar-refractivity contribution in [2.24, 2.45) is 5.92 Å². The van der Waals surface area contributed by atoms with Crippen LogP contribution in [-0.4, -0.2) is 24.2 Å². The van der Waals surface area contributed by atoms with Crippen molar-refractivity contribution in [2.75, 3.05) is 13.2 Å². The molecule has 0 aromatic heterocycles. The Morgan fingerprint density at radius 3 is 2.43 bits per heavy atom. The molecule has 0 aliphatic carbocycles. The second-order valence-electron chi connectivity index (χ2n) is 7.65. The molecular formula is C24H33NO3. The molecule has 0 heterocycles. The lowest BCUT2D eigenvalue weighted by Gasteiger charge is -2.20. The molecule has 4 heteroatoms. The molecule has 0 spiro atoms. The number of aliphatic hydroxyl groups is 1. The summed E-state index contributed by atoms with van der Waals surface area (Å²) in [6, 6.07) is 15.4. The molecule has 2 N–H and O–H groups in total. The number of hydrogen-bond acceptors (Lipinski definition) is 3. The third kappa shape index (κ3) is 6.38. The van der Waals surface area contributed by atoms with Crippen LogP contribution in [0.25, 0.3) is 0 Å². The molecule has 1 amide bonds. The summed E-state index contributed by atoms with van der Waals surface area (Å²) in [4.78, 5) is 12.7. The van der Waals surface area contributed by atoms with Crippen molar-refractivity contribution < 1.29 is 14.6 Å². The molecule has 3 atom stereocenters. The van der Waals surface area contributed by atoms with E-state index in [-0.39, 0.29) is 18.6 Å². The molecule has 0 aliphatic rings. The average Bonchev–Trinajstić information content (AvgIpc) is 2.68. The van der Waals surface area contributed by atoms with Crippen LogP contribution in [-0.2, 0) is 4.79 Å². The molecule has 152 valence electrons. The number of hydrogen-bond donors (Lipinski definition) is 2. The molecule has 3 unspecified atom stereocenters. The molecule has 0 fully saturated rings. The summed E-state index contributed by atoms with van der Waals surface area (Å²) in [7, 11) is 0. The van der Waals surface area contributed by atoms with Crippen molar-refractivity contribution in [3.05, 3.63) is 65.2 Å². The Morgan fingerprint density at radius 1 is 1.11 bits per heavy atom. The number of carbonyl (C=O) groups is 1. The van der Waals surface area contributed by atoms with Crippen LogP contribution in [0.15, 0.2) is 48.5 Å². The number of aryl methyl sites for hydroxylation is 1. The second-order valence-corrected chi connectivity index (χ2v) is 7.65. The summed E-state index contributed by atoms with van der Waals surface area (Å²) in [5, 5.41) is 12.8. The molecule has 0 radical (unpaired) electrons. The van der Waals surface area contributed by atoms with Crippen molar-refractivity contribution in [2.45, 2.75) is 52.5 Å². The van der Waals surface area contributed by atoms with Gasteiger partial charge < -0.3 is 15.2 Å². The summed E-state index contributed by atoms with van der Waals surface area (Å²) < 4.78 is 5.82. The Morgan fingerprint density at radius 2 is 1.82 bits per heavy atom. The van der Waals surface area contributed by atoms with Gasteiger partial charge in [-0.05, 0) is 49.4 Å².